The van der Waals surface area contributed by atoms with Gasteiger partial charge < -0.3 is 4.74 Å². The summed E-state index contributed by atoms with van der Waals surface area (Å²) in [5, 5.41) is 0. The fraction of sp³-hybridized carbons (Fsp3) is 0.600. The average molecular weight is 250 g/mol. The second kappa shape index (κ2) is 5.51. The lowest BCUT2D eigenvalue weighted by Gasteiger charge is -2.30. The number of allylic oxidation sites excluding steroid dienone is 2. The molecule has 0 radical (unpaired) electrons. The van der Waals surface area contributed by atoms with Crippen molar-refractivity contribution >= 4 is 12.3 Å². The molecule has 0 aromatic heterocycles. The molecule has 18 heavy (non-hydrogen) atoms. The van der Waals surface area contributed by atoms with Gasteiger partial charge in [0.1, 0.15) is 12.4 Å². The van der Waals surface area contributed by atoms with Crippen molar-refractivity contribution in [3.05, 3.63) is 23.3 Å². The zero-order valence-corrected chi connectivity index (χ0v) is 11.8. The summed E-state index contributed by atoms with van der Waals surface area (Å²) < 4.78 is 5.40. The number of ether oxygens (including phenoxy) is 1. The molecule has 0 amide bonds. The third-order valence-corrected chi connectivity index (χ3v) is 3.07. The Bertz CT molecular complexity index is 400. The molecule has 0 heterocycles. The van der Waals surface area contributed by atoms with Gasteiger partial charge in [-0.15, -0.1) is 0 Å². The van der Waals surface area contributed by atoms with E-state index in [-0.39, 0.29) is 17.3 Å². The Morgan fingerprint density at radius 3 is 2.61 bits per heavy atom. The molecule has 0 aromatic carbocycles. The zero-order chi connectivity index (χ0) is 13.9. The predicted molar refractivity (Wildman–Crippen MR) is 71.0 cm³/mol. The summed E-state index contributed by atoms with van der Waals surface area (Å²) in [5.74, 6) is 0.0558. The Labute approximate surface area is 109 Å². The van der Waals surface area contributed by atoms with E-state index >= 15 is 0 Å². The van der Waals surface area contributed by atoms with Crippen LogP contribution in [0.15, 0.2) is 23.3 Å². The van der Waals surface area contributed by atoms with Crippen LogP contribution < -0.4 is 0 Å². The molecule has 1 unspecified atom stereocenters. The minimum absolute atomic E-state index is 0.219. The van der Waals surface area contributed by atoms with Gasteiger partial charge in [0.05, 0.1) is 0 Å². The van der Waals surface area contributed by atoms with E-state index in [0.29, 0.717) is 12.0 Å². The van der Waals surface area contributed by atoms with Gasteiger partial charge in [-0.3, -0.25) is 9.59 Å². The first-order chi connectivity index (χ1) is 8.26. The zero-order valence-electron chi connectivity index (χ0n) is 11.8. The van der Waals surface area contributed by atoms with Crippen LogP contribution in [0, 0.1) is 11.3 Å². The number of hydrogen-bond acceptors (Lipinski definition) is 3. The summed E-state index contributed by atoms with van der Waals surface area (Å²) in [6.45, 7) is 9.82. The minimum Gasteiger partial charge on any atom is -0.454 e. The molecule has 0 saturated heterocycles. The standard InChI is InChI=1S/C15H22O3/c1-10(2)6-14(17)18-13-7-12(9-16)15(4,5)8-11(13)3/h7-10,13H,6H2,1-5H3. The molecule has 1 aliphatic rings. The molecule has 0 bridgehead atoms. The van der Waals surface area contributed by atoms with Crippen LogP contribution in [0.1, 0.15) is 41.0 Å². The molecule has 0 saturated carbocycles. The van der Waals surface area contributed by atoms with Crippen molar-refractivity contribution < 1.29 is 14.3 Å². The Balaban J connectivity index is 2.82. The maximum Gasteiger partial charge on any atom is 0.306 e. The van der Waals surface area contributed by atoms with Gasteiger partial charge in [0.2, 0.25) is 0 Å². The molecular formula is C15H22O3. The second-order valence-electron chi connectivity index (χ2n) is 5.86. The van der Waals surface area contributed by atoms with E-state index in [1.165, 1.54) is 0 Å². The van der Waals surface area contributed by atoms with E-state index in [9.17, 15) is 9.59 Å². The van der Waals surface area contributed by atoms with Crippen LogP contribution in [0.25, 0.3) is 0 Å². The summed E-state index contributed by atoms with van der Waals surface area (Å²) in [7, 11) is 0. The maximum absolute atomic E-state index is 11.7. The molecule has 0 spiro atoms. The second-order valence-corrected chi connectivity index (χ2v) is 5.86. The quantitative estimate of drug-likeness (QED) is 0.437. The van der Waals surface area contributed by atoms with Gasteiger partial charge in [0, 0.05) is 17.4 Å². The first-order valence-electron chi connectivity index (χ1n) is 6.32. The molecular weight excluding hydrogens is 228 g/mol. The van der Waals surface area contributed by atoms with Crippen molar-refractivity contribution in [1.82, 2.24) is 0 Å². The van der Waals surface area contributed by atoms with Gasteiger partial charge in [-0.25, -0.2) is 0 Å². The number of carbonyl (C=O) groups excluding carboxylic acids is 2. The number of rotatable bonds is 4. The van der Waals surface area contributed by atoms with Crippen molar-refractivity contribution in [2.75, 3.05) is 0 Å². The smallest absolute Gasteiger partial charge is 0.306 e. The molecule has 1 aliphatic carbocycles. The summed E-state index contributed by atoms with van der Waals surface area (Å²) in [4.78, 5) is 22.7. The first-order valence-corrected chi connectivity index (χ1v) is 6.32. The highest BCUT2D eigenvalue weighted by Gasteiger charge is 2.29. The molecule has 0 fully saturated rings. The first kappa shape index (κ1) is 14.7. The third-order valence-electron chi connectivity index (χ3n) is 3.07. The van der Waals surface area contributed by atoms with Crippen LogP contribution in [-0.4, -0.2) is 18.4 Å². The highest BCUT2D eigenvalue weighted by molar-refractivity contribution is 5.78. The van der Waals surface area contributed by atoms with Crippen molar-refractivity contribution in [1.29, 1.82) is 0 Å². The van der Waals surface area contributed by atoms with Crippen molar-refractivity contribution in [2.24, 2.45) is 11.3 Å². The topological polar surface area (TPSA) is 43.4 Å². The SMILES string of the molecule is CC1=CC(C)(C)C(C=O)=CC1OC(=O)CC(C)C. The highest BCUT2D eigenvalue weighted by Crippen LogP contribution is 2.34. The predicted octanol–water partition coefficient (Wildman–Crippen LogP) is 3.06. The van der Waals surface area contributed by atoms with Gasteiger partial charge in [0.25, 0.3) is 0 Å². The third kappa shape index (κ3) is 3.56. The monoisotopic (exact) mass is 250 g/mol. The molecule has 3 heteroatoms. The molecule has 1 atom stereocenters. The van der Waals surface area contributed by atoms with Crippen molar-refractivity contribution in [3.63, 3.8) is 0 Å². The normalized spacial score (nSPS) is 22.2. The van der Waals surface area contributed by atoms with E-state index < -0.39 is 6.10 Å². The highest BCUT2D eigenvalue weighted by atomic mass is 16.5. The molecule has 100 valence electrons. The lowest BCUT2D eigenvalue weighted by molar-refractivity contribution is -0.146. The Kier molecular flexibility index (Phi) is 4.49. The number of esters is 1. The lowest BCUT2D eigenvalue weighted by Crippen LogP contribution is -2.27. The summed E-state index contributed by atoms with van der Waals surface area (Å²) in [6.07, 6.45) is 4.58. The average Bonchev–Trinajstić information content (AvgIpc) is 2.20. The van der Waals surface area contributed by atoms with E-state index in [0.717, 1.165) is 11.9 Å². The molecule has 3 nitrogen and oxygen atoms in total. The van der Waals surface area contributed by atoms with Gasteiger partial charge in [-0.1, -0.05) is 33.8 Å². The summed E-state index contributed by atoms with van der Waals surface area (Å²) >= 11 is 0. The van der Waals surface area contributed by atoms with E-state index in [4.69, 9.17) is 4.74 Å². The maximum atomic E-state index is 11.7. The van der Waals surface area contributed by atoms with Crippen LogP contribution in [-0.2, 0) is 14.3 Å². The van der Waals surface area contributed by atoms with Crippen LogP contribution in [0.4, 0.5) is 0 Å². The van der Waals surface area contributed by atoms with Gasteiger partial charge >= 0.3 is 5.97 Å². The van der Waals surface area contributed by atoms with Crippen molar-refractivity contribution in [2.45, 2.75) is 47.1 Å². The largest absolute Gasteiger partial charge is 0.454 e. The van der Waals surface area contributed by atoms with Crippen molar-refractivity contribution in [3.8, 4) is 0 Å². The van der Waals surface area contributed by atoms with Crippen LogP contribution in [0.5, 0.6) is 0 Å². The van der Waals surface area contributed by atoms with Crippen LogP contribution in [0.3, 0.4) is 0 Å². The lowest BCUT2D eigenvalue weighted by atomic mass is 9.78. The number of aldehydes is 1. The fourth-order valence-electron chi connectivity index (χ4n) is 2.09. The van der Waals surface area contributed by atoms with Gasteiger partial charge in [-0.2, -0.15) is 0 Å². The Morgan fingerprint density at radius 1 is 1.50 bits per heavy atom. The Hall–Kier alpha value is -1.38. The molecule has 0 N–H and O–H groups in total. The fourth-order valence-corrected chi connectivity index (χ4v) is 2.09. The van der Waals surface area contributed by atoms with Crippen LogP contribution >= 0.6 is 0 Å². The van der Waals surface area contributed by atoms with E-state index in [1.54, 1.807) is 6.08 Å². The summed E-state index contributed by atoms with van der Waals surface area (Å²) in [6, 6.07) is 0. The molecule has 0 aliphatic heterocycles. The molecule has 1 rings (SSSR count). The van der Waals surface area contributed by atoms with Crippen LogP contribution in [0.2, 0.25) is 0 Å². The summed E-state index contributed by atoms with van der Waals surface area (Å²) in [5.41, 5.74) is 1.35. The van der Waals surface area contributed by atoms with E-state index in [2.05, 4.69) is 0 Å². The van der Waals surface area contributed by atoms with E-state index in [1.807, 2.05) is 40.7 Å². The number of hydrogen-bond donors (Lipinski definition) is 0. The minimum atomic E-state index is -0.399. The Morgan fingerprint density at radius 2 is 2.11 bits per heavy atom. The molecule has 0 aromatic rings. The van der Waals surface area contributed by atoms with Gasteiger partial charge in [-0.05, 0) is 24.5 Å². The number of carbonyl (C=O) groups is 2. The van der Waals surface area contributed by atoms with Gasteiger partial charge in [0.15, 0.2) is 0 Å².